The molecule has 0 bridgehead atoms. The standard InChI is InChI=1S/C19H27N3O/c1-14-4-5-17-18(11-14)21-19(20-17)16-6-8-22(9-7-16)12-15-3-2-10-23-13-15/h4-5,11,15-16H,2-3,6-10,12-13H2,1H3,(H,20,21)/t15-/m1/s1. The fraction of sp³-hybridized carbons (Fsp3) is 0.632. The second kappa shape index (κ2) is 6.62. The van der Waals surface area contributed by atoms with Gasteiger partial charge in [0.15, 0.2) is 0 Å². The summed E-state index contributed by atoms with van der Waals surface area (Å²) in [5.41, 5.74) is 3.58. The maximum Gasteiger partial charge on any atom is 0.110 e. The molecular weight excluding hydrogens is 286 g/mol. The minimum Gasteiger partial charge on any atom is -0.381 e. The van der Waals surface area contributed by atoms with E-state index in [0.29, 0.717) is 5.92 Å². The van der Waals surface area contributed by atoms with Gasteiger partial charge in [0.1, 0.15) is 5.82 Å². The molecule has 2 aliphatic rings. The summed E-state index contributed by atoms with van der Waals surface area (Å²) in [6.45, 7) is 7.65. The van der Waals surface area contributed by atoms with Gasteiger partial charge in [-0.3, -0.25) is 0 Å². The summed E-state index contributed by atoms with van der Waals surface area (Å²) >= 11 is 0. The fourth-order valence-corrected chi connectivity index (χ4v) is 4.04. The van der Waals surface area contributed by atoms with E-state index in [1.165, 1.54) is 62.2 Å². The van der Waals surface area contributed by atoms with Crippen molar-refractivity contribution in [2.24, 2.45) is 5.92 Å². The SMILES string of the molecule is Cc1ccc2nc(C3CCN(C[C@H]4CCCOC4)CC3)[nH]c2c1. The molecule has 1 aromatic carbocycles. The first-order valence-electron chi connectivity index (χ1n) is 9.04. The Bertz CT molecular complexity index is 652. The van der Waals surface area contributed by atoms with Crippen LogP contribution in [0.5, 0.6) is 0 Å². The highest BCUT2D eigenvalue weighted by Gasteiger charge is 2.25. The lowest BCUT2D eigenvalue weighted by Gasteiger charge is -2.34. The number of ether oxygens (including phenoxy) is 1. The normalized spacial score (nSPS) is 24.3. The molecule has 0 aliphatic carbocycles. The van der Waals surface area contributed by atoms with Gasteiger partial charge in [-0.15, -0.1) is 0 Å². The third-order valence-electron chi connectivity index (χ3n) is 5.40. The number of imidazole rings is 1. The number of nitrogens with one attached hydrogen (secondary N) is 1. The van der Waals surface area contributed by atoms with E-state index in [0.717, 1.165) is 24.6 Å². The number of fused-ring (bicyclic) bond motifs is 1. The lowest BCUT2D eigenvalue weighted by molar-refractivity contribution is 0.0345. The highest BCUT2D eigenvalue weighted by molar-refractivity contribution is 5.75. The van der Waals surface area contributed by atoms with E-state index in [4.69, 9.17) is 9.72 Å². The largest absolute Gasteiger partial charge is 0.381 e. The van der Waals surface area contributed by atoms with Crippen molar-refractivity contribution in [1.82, 2.24) is 14.9 Å². The van der Waals surface area contributed by atoms with Crippen LogP contribution < -0.4 is 0 Å². The van der Waals surface area contributed by atoms with E-state index in [1.54, 1.807) is 0 Å². The molecule has 0 saturated carbocycles. The molecule has 1 N–H and O–H groups in total. The summed E-state index contributed by atoms with van der Waals surface area (Å²) < 4.78 is 5.62. The third kappa shape index (κ3) is 3.43. The quantitative estimate of drug-likeness (QED) is 0.943. The Hall–Kier alpha value is -1.39. The van der Waals surface area contributed by atoms with Gasteiger partial charge in [-0.05, 0) is 69.3 Å². The molecule has 1 atom stereocenters. The summed E-state index contributed by atoms with van der Waals surface area (Å²) in [7, 11) is 0. The molecule has 0 amide bonds. The maximum atomic E-state index is 5.62. The average molecular weight is 313 g/mol. The van der Waals surface area contributed by atoms with Crippen molar-refractivity contribution in [3.8, 4) is 0 Å². The molecule has 2 saturated heterocycles. The number of aryl methyl sites for hydroxylation is 1. The number of hydrogen-bond donors (Lipinski definition) is 1. The van der Waals surface area contributed by atoms with E-state index in [-0.39, 0.29) is 0 Å². The van der Waals surface area contributed by atoms with Gasteiger partial charge >= 0.3 is 0 Å². The molecule has 23 heavy (non-hydrogen) atoms. The zero-order valence-electron chi connectivity index (χ0n) is 14.1. The van der Waals surface area contributed by atoms with Crippen LogP contribution >= 0.6 is 0 Å². The van der Waals surface area contributed by atoms with Crippen LogP contribution in [0.4, 0.5) is 0 Å². The third-order valence-corrected chi connectivity index (χ3v) is 5.40. The van der Waals surface area contributed by atoms with E-state index in [2.05, 4.69) is 35.0 Å². The van der Waals surface area contributed by atoms with Crippen LogP contribution in [0.25, 0.3) is 11.0 Å². The van der Waals surface area contributed by atoms with Gasteiger partial charge in [0.05, 0.1) is 17.6 Å². The van der Waals surface area contributed by atoms with Crippen molar-refractivity contribution in [2.45, 2.75) is 38.5 Å². The van der Waals surface area contributed by atoms with Gasteiger partial charge in [0.2, 0.25) is 0 Å². The minimum atomic E-state index is 0.585. The summed E-state index contributed by atoms with van der Waals surface area (Å²) in [6, 6.07) is 6.47. The molecule has 0 radical (unpaired) electrons. The predicted octanol–water partition coefficient (Wildman–Crippen LogP) is 3.48. The first kappa shape index (κ1) is 15.2. The predicted molar refractivity (Wildman–Crippen MR) is 92.8 cm³/mol. The van der Waals surface area contributed by atoms with Gasteiger partial charge in [-0.25, -0.2) is 4.98 Å². The van der Waals surface area contributed by atoms with Crippen LogP contribution in [-0.2, 0) is 4.74 Å². The van der Waals surface area contributed by atoms with Crippen molar-refractivity contribution in [1.29, 1.82) is 0 Å². The summed E-state index contributed by atoms with van der Waals surface area (Å²) in [6.07, 6.45) is 5.00. The van der Waals surface area contributed by atoms with Gasteiger partial charge in [-0.2, -0.15) is 0 Å². The molecule has 2 aliphatic heterocycles. The molecule has 3 heterocycles. The highest BCUT2D eigenvalue weighted by Crippen LogP contribution is 2.29. The Morgan fingerprint density at radius 3 is 2.91 bits per heavy atom. The maximum absolute atomic E-state index is 5.62. The summed E-state index contributed by atoms with van der Waals surface area (Å²) in [5.74, 6) is 2.52. The van der Waals surface area contributed by atoms with Crippen molar-refractivity contribution in [2.75, 3.05) is 32.8 Å². The number of benzene rings is 1. The zero-order valence-corrected chi connectivity index (χ0v) is 14.1. The van der Waals surface area contributed by atoms with Crippen LogP contribution in [0.1, 0.15) is 43.0 Å². The van der Waals surface area contributed by atoms with Crippen molar-refractivity contribution in [3.05, 3.63) is 29.6 Å². The first-order valence-corrected chi connectivity index (χ1v) is 9.04. The topological polar surface area (TPSA) is 41.2 Å². The molecule has 0 spiro atoms. The van der Waals surface area contributed by atoms with Crippen LogP contribution in [0.3, 0.4) is 0 Å². The first-order chi connectivity index (χ1) is 11.3. The number of likely N-dealkylation sites (tertiary alicyclic amines) is 1. The molecule has 124 valence electrons. The van der Waals surface area contributed by atoms with Crippen molar-refractivity contribution < 1.29 is 4.74 Å². The Labute approximate surface area is 138 Å². The smallest absolute Gasteiger partial charge is 0.110 e. The second-order valence-corrected chi connectivity index (χ2v) is 7.30. The fourth-order valence-electron chi connectivity index (χ4n) is 4.04. The van der Waals surface area contributed by atoms with Crippen LogP contribution in [-0.4, -0.2) is 47.7 Å². The summed E-state index contributed by atoms with van der Waals surface area (Å²) in [5, 5.41) is 0. The lowest BCUT2D eigenvalue weighted by atomic mass is 9.94. The number of aromatic nitrogens is 2. The van der Waals surface area contributed by atoms with Gasteiger partial charge in [0, 0.05) is 19.1 Å². The summed E-state index contributed by atoms with van der Waals surface area (Å²) in [4.78, 5) is 11.0. The van der Waals surface area contributed by atoms with E-state index in [9.17, 15) is 0 Å². The Kier molecular flexibility index (Phi) is 4.36. The van der Waals surface area contributed by atoms with Crippen LogP contribution in [0.2, 0.25) is 0 Å². The molecule has 4 nitrogen and oxygen atoms in total. The molecule has 4 heteroatoms. The Balaban J connectivity index is 1.36. The molecular formula is C19H27N3O. The zero-order chi connectivity index (χ0) is 15.6. The molecule has 2 fully saturated rings. The molecule has 0 unspecified atom stereocenters. The number of H-pyrrole nitrogens is 1. The van der Waals surface area contributed by atoms with Gasteiger partial charge in [-0.1, -0.05) is 6.07 Å². The number of hydrogen-bond acceptors (Lipinski definition) is 3. The highest BCUT2D eigenvalue weighted by atomic mass is 16.5. The van der Waals surface area contributed by atoms with Gasteiger partial charge < -0.3 is 14.6 Å². The van der Waals surface area contributed by atoms with Crippen molar-refractivity contribution in [3.63, 3.8) is 0 Å². The van der Waals surface area contributed by atoms with Gasteiger partial charge in [0.25, 0.3) is 0 Å². The monoisotopic (exact) mass is 313 g/mol. The number of aromatic amines is 1. The minimum absolute atomic E-state index is 0.585. The second-order valence-electron chi connectivity index (χ2n) is 7.30. The van der Waals surface area contributed by atoms with E-state index in [1.807, 2.05) is 0 Å². The van der Waals surface area contributed by atoms with Crippen LogP contribution in [0.15, 0.2) is 18.2 Å². The van der Waals surface area contributed by atoms with E-state index < -0.39 is 0 Å². The Morgan fingerprint density at radius 2 is 2.13 bits per heavy atom. The molecule has 4 rings (SSSR count). The lowest BCUT2D eigenvalue weighted by Crippen LogP contribution is -2.38. The Morgan fingerprint density at radius 1 is 1.26 bits per heavy atom. The number of piperidine rings is 1. The molecule has 2 aromatic rings. The number of rotatable bonds is 3. The average Bonchev–Trinajstić information content (AvgIpc) is 2.99. The van der Waals surface area contributed by atoms with E-state index >= 15 is 0 Å². The molecule has 1 aromatic heterocycles. The number of nitrogens with zero attached hydrogens (tertiary/aromatic N) is 2. The van der Waals surface area contributed by atoms with Crippen molar-refractivity contribution >= 4 is 11.0 Å². The van der Waals surface area contributed by atoms with Crippen LogP contribution in [0, 0.1) is 12.8 Å².